The van der Waals surface area contributed by atoms with E-state index in [4.69, 9.17) is 9.47 Å². The zero-order chi connectivity index (χ0) is 14.7. The first-order chi connectivity index (χ1) is 9.47. The molecule has 1 unspecified atom stereocenters. The Balaban J connectivity index is 2.02. The second kappa shape index (κ2) is 6.78. The van der Waals surface area contributed by atoms with Gasteiger partial charge >= 0.3 is 0 Å². The van der Waals surface area contributed by atoms with E-state index in [1.807, 2.05) is 12.1 Å². The predicted octanol–water partition coefficient (Wildman–Crippen LogP) is 2.85. The number of hydrogen-bond donors (Lipinski definition) is 1. The van der Waals surface area contributed by atoms with Gasteiger partial charge in [-0.3, -0.25) is 0 Å². The molecule has 5 heteroatoms. The third-order valence-electron chi connectivity index (χ3n) is 3.46. The molecule has 0 saturated carbocycles. The minimum Gasteiger partial charge on any atom is -0.454 e. The molecule has 1 aliphatic heterocycles. The van der Waals surface area contributed by atoms with E-state index in [0.717, 1.165) is 29.1 Å². The summed E-state index contributed by atoms with van der Waals surface area (Å²) in [5.41, 5.74) is 1.19. The smallest absolute Gasteiger partial charge is 0.231 e. The molecule has 0 bridgehead atoms. The number of ether oxygens (including phenoxy) is 2. The molecule has 0 spiro atoms. The maximum atomic E-state index is 5.43. The van der Waals surface area contributed by atoms with E-state index in [1.54, 1.807) is 0 Å². The molecule has 0 radical (unpaired) electrons. The molecule has 20 heavy (non-hydrogen) atoms. The largest absolute Gasteiger partial charge is 0.454 e. The maximum absolute atomic E-state index is 5.43. The van der Waals surface area contributed by atoms with Crippen molar-refractivity contribution in [3.63, 3.8) is 0 Å². The van der Waals surface area contributed by atoms with Crippen molar-refractivity contribution >= 4 is 15.9 Å². The van der Waals surface area contributed by atoms with Gasteiger partial charge in [0.15, 0.2) is 11.5 Å². The summed E-state index contributed by atoms with van der Waals surface area (Å²) < 4.78 is 11.9. The minimum atomic E-state index is 0.313. The summed E-state index contributed by atoms with van der Waals surface area (Å²) >= 11 is 3.60. The van der Waals surface area contributed by atoms with Gasteiger partial charge in [0, 0.05) is 23.6 Å². The number of nitrogens with zero attached hydrogens (tertiary/aromatic N) is 1. The third-order valence-corrected chi connectivity index (χ3v) is 4.20. The molecule has 0 fully saturated rings. The highest BCUT2D eigenvalue weighted by atomic mass is 79.9. The lowest BCUT2D eigenvalue weighted by atomic mass is 10.0. The van der Waals surface area contributed by atoms with Crippen LogP contribution in [0.15, 0.2) is 16.6 Å². The van der Waals surface area contributed by atoms with Gasteiger partial charge in [0.2, 0.25) is 6.79 Å². The molecule has 1 N–H and O–H groups in total. The van der Waals surface area contributed by atoms with E-state index in [1.165, 1.54) is 5.56 Å². The highest BCUT2D eigenvalue weighted by molar-refractivity contribution is 9.10. The van der Waals surface area contributed by atoms with Crippen LogP contribution in [0.1, 0.15) is 19.4 Å². The fourth-order valence-electron chi connectivity index (χ4n) is 2.24. The first-order valence-corrected chi connectivity index (χ1v) is 7.72. The number of nitrogens with one attached hydrogen (secondary N) is 1. The summed E-state index contributed by atoms with van der Waals surface area (Å²) in [6, 6.07) is 4.49. The van der Waals surface area contributed by atoms with Crippen LogP contribution in [-0.2, 0) is 6.54 Å². The summed E-state index contributed by atoms with van der Waals surface area (Å²) in [6.07, 6.45) is 0. The number of hydrogen-bond acceptors (Lipinski definition) is 4. The van der Waals surface area contributed by atoms with Crippen LogP contribution in [0.25, 0.3) is 0 Å². The first-order valence-electron chi connectivity index (χ1n) is 6.93. The normalized spacial score (nSPS) is 15.2. The van der Waals surface area contributed by atoms with Crippen molar-refractivity contribution in [3.05, 3.63) is 22.2 Å². The van der Waals surface area contributed by atoms with Crippen LogP contribution >= 0.6 is 15.9 Å². The Labute approximate surface area is 129 Å². The average Bonchev–Trinajstić information content (AvgIpc) is 2.80. The third kappa shape index (κ3) is 3.87. The quantitative estimate of drug-likeness (QED) is 0.861. The van der Waals surface area contributed by atoms with E-state index < -0.39 is 0 Å². The molecule has 0 amide bonds. The molecule has 0 saturated heterocycles. The Morgan fingerprint density at radius 3 is 2.50 bits per heavy atom. The van der Waals surface area contributed by atoms with Gasteiger partial charge in [0.05, 0.1) is 0 Å². The maximum Gasteiger partial charge on any atom is 0.231 e. The van der Waals surface area contributed by atoms with Crippen molar-refractivity contribution in [2.45, 2.75) is 26.4 Å². The number of fused-ring (bicyclic) bond motifs is 1. The Morgan fingerprint density at radius 1 is 1.25 bits per heavy atom. The van der Waals surface area contributed by atoms with Crippen molar-refractivity contribution in [2.24, 2.45) is 5.92 Å². The monoisotopic (exact) mass is 342 g/mol. The lowest BCUT2D eigenvalue weighted by Gasteiger charge is -2.26. The van der Waals surface area contributed by atoms with Crippen LogP contribution in [0.4, 0.5) is 0 Å². The Morgan fingerprint density at radius 2 is 1.90 bits per heavy atom. The van der Waals surface area contributed by atoms with E-state index in [2.05, 4.69) is 54.1 Å². The lowest BCUT2D eigenvalue weighted by Crippen LogP contribution is -2.41. The van der Waals surface area contributed by atoms with Gasteiger partial charge < -0.3 is 19.7 Å². The molecular formula is C15H23BrN2O2. The first kappa shape index (κ1) is 15.6. The van der Waals surface area contributed by atoms with Crippen LogP contribution in [-0.4, -0.2) is 38.4 Å². The van der Waals surface area contributed by atoms with Crippen molar-refractivity contribution in [1.82, 2.24) is 10.2 Å². The standard InChI is InChI=1S/C15H23BrN2O2/c1-10(2)13(8-18(3)4)17-7-11-5-14-15(6-12(11)16)20-9-19-14/h5-6,10,13,17H,7-9H2,1-4H3. The van der Waals surface area contributed by atoms with Crippen LogP contribution in [0.5, 0.6) is 11.5 Å². The Bertz CT molecular complexity index is 463. The van der Waals surface area contributed by atoms with Crippen LogP contribution in [0.2, 0.25) is 0 Å². The van der Waals surface area contributed by atoms with Crippen LogP contribution < -0.4 is 14.8 Å². The zero-order valence-corrected chi connectivity index (χ0v) is 14.2. The van der Waals surface area contributed by atoms with Gasteiger partial charge in [-0.1, -0.05) is 29.8 Å². The van der Waals surface area contributed by atoms with Gasteiger partial charge in [-0.25, -0.2) is 0 Å². The fourth-order valence-corrected chi connectivity index (χ4v) is 2.70. The molecule has 1 heterocycles. The van der Waals surface area contributed by atoms with Crippen molar-refractivity contribution < 1.29 is 9.47 Å². The molecular weight excluding hydrogens is 320 g/mol. The van der Waals surface area contributed by atoms with E-state index >= 15 is 0 Å². The number of rotatable bonds is 6. The van der Waals surface area contributed by atoms with Gasteiger partial charge in [-0.05, 0) is 37.7 Å². The molecule has 1 atom stereocenters. The Hall–Kier alpha value is -0.780. The Kier molecular flexibility index (Phi) is 5.29. The second-order valence-electron chi connectivity index (χ2n) is 5.79. The van der Waals surface area contributed by atoms with Crippen LogP contribution in [0, 0.1) is 5.92 Å². The molecule has 4 nitrogen and oxygen atoms in total. The minimum absolute atomic E-state index is 0.313. The summed E-state index contributed by atoms with van der Waals surface area (Å²) in [5, 5.41) is 3.63. The van der Waals surface area contributed by atoms with Crippen molar-refractivity contribution in [1.29, 1.82) is 0 Å². The van der Waals surface area contributed by atoms with E-state index in [-0.39, 0.29) is 0 Å². The van der Waals surface area contributed by atoms with Gasteiger partial charge in [-0.15, -0.1) is 0 Å². The van der Waals surface area contributed by atoms with E-state index in [0.29, 0.717) is 18.8 Å². The fraction of sp³-hybridized carbons (Fsp3) is 0.600. The summed E-state index contributed by atoms with van der Waals surface area (Å²) in [5.74, 6) is 2.23. The van der Waals surface area contributed by atoms with Crippen molar-refractivity contribution in [3.8, 4) is 11.5 Å². The zero-order valence-electron chi connectivity index (χ0n) is 12.6. The van der Waals surface area contributed by atoms with Gasteiger partial charge in [0.1, 0.15) is 0 Å². The average molecular weight is 343 g/mol. The summed E-state index contributed by atoms with van der Waals surface area (Å²) in [7, 11) is 4.21. The van der Waals surface area contributed by atoms with Gasteiger partial charge in [0.25, 0.3) is 0 Å². The number of likely N-dealkylation sites (N-methyl/N-ethyl adjacent to an activating group) is 1. The van der Waals surface area contributed by atoms with Gasteiger partial charge in [-0.2, -0.15) is 0 Å². The molecule has 0 aromatic heterocycles. The second-order valence-corrected chi connectivity index (χ2v) is 6.64. The molecule has 0 aliphatic carbocycles. The molecule has 1 aliphatic rings. The molecule has 1 aromatic rings. The molecule has 2 rings (SSSR count). The highest BCUT2D eigenvalue weighted by Gasteiger charge is 2.18. The highest BCUT2D eigenvalue weighted by Crippen LogP contribution is 2.36. The number of benzene rings is 1. The molecule has 1 aromatic carbocycles. The lowest BCUT2D eigenvalue weighted by molar-refractivity contribution is 0.174. The number of halogens is 1. The van der Waals surface area contributed by atoms with E-state index in [9.17, 15) is 0 Å². The summed E-state index contributed by atoms with van der Waals surface area (Å²) in [4.78, 5) is 2.21. The van der Waals surface area contributed by atoms with Crippen LogP contribution in [0.3, 0.4) is 0 Å². The molecule has 112 valence electrons. The SMILES string of the molecule is CC(C)C(CN(C)C)NCc1cc2c(cc1Br)OCO2. The topological polar surface area (TPSA) is 33.7 Å². The predicted molar refractivity (Wildman–Crippen MR) is 84.3 cm³/mol. The summed E-state index contributed by atoms with van der Waals surface area (Å²) in [6.45, 7) is 6.65. The van der Waals surface area contributed by atoms with Crippen molar-refractivity contribution in [2.75, 3.05) is 27.4 Å².